The predicted molar refractivity (Wildman–Crippen MR) is 111 cm³/mol. The molecule has 0 N–H and O–H groups in total. The number of rotatable bonds is 7. The molecule has 0 aromatic heterocycles. The summed E-state index contributed by atoms with van der Waals surface area (Å²) < 4.78 is 15.7. The van der Waals surface area contributed by atoms with Gasteiger partial charge in [-0.3, -0.25) is 4.79 Å². The van der Waals surface area contributed by atoms with Crippen molar-refractivity contribution >= 4 is 17.8 Å². The molecule has 3 aromatic carbocycles. The smallest absolute Gasteiger partial charge is 0.347 e. The molecule has 0 amide bonds. The van der Waals surface area contributed by atoms with Crippen LogP contribution in [0.15, 0.2) is 78.9 Å². The Labute approximate surface area is 169 Å². The van der Waals surface area contributed by atoms with Crippen molar-refractivity contribution in [2.45, 2.75) is 0 Å². The third-order valence-electron chi connectivity index (χ3n) is 4.22. The van der Waals surface area contributed by atoms with E-state index in [2.05, 4.69) is 0 Å². The van der Waals surface area contributed by atoms with Crippen LogP contribution in [0.2, 0.25) is 0 Å². The van der Waals surface area contributed by atoms with Crippen LogP contribution in [0.5, 0.6) is 17.2 Å². The van der Waals surface area contributed by atoms with Crippen molar-refractivity contribution in [2.24, 2.45) is 0 Å². The molecular formula is C24H20O5. The fraction of sp³-hybridized carbons (Fsp3) is 0.0833. The molecule has 3 rings (SSSR count). The van der Waals surface area contributed by atoms with Gasteiger partial charge in [0, 0.05) is 5.56 Å². The van der Waals surface area contributed by atoms with Gasteiger partial charge in [0.05, 0.1) is 14.2 Å². The first-order valence-electron chi connectivity index (χ1n) is 8.92. The number of allylic oxidation sites excluding steroid dienone is 1. The minimum atomic E-state index is -0.500. The molecule has 0 saturated heterocycles. The Hall–Kier alpha value is -3.86. The Morgan fingerprint density at radius 1 is 0.759 bits per heavy atom. The highest BCUT2D eigenvalue weighted by Gasteiger charge is 2.13. The zero-order valence-corrected chi connectivity index (χ0v) is 16.1. The Morgan fingerprint density at radius 2 is 1.41 bits per heavy atom. The van der Waals surface area contributed by atoms with E-state index < -0.39 is 5.97 Å². The van der Waals surface area contributed by atoms with Gasteiger partial charge in [0.1, 0.15) is 22.8 Å². The van der Waals surface area contributed by atoms with Crippen LogP contribution < -0.4 is 14.2 Å². The first-order chi connectivity index (χ1) is 14.1. The zero-order valence-electron chi connectivity index (χ0n) is 16.1. The van der Waals surface area contributed by atoms with Crippen LogP contribution in [0.3, 0.4) is 0 Å². The summed E-state index contributed by atoms with van der Waals surface area (Å²) in [4.78, 5) is 24.6. The summed E-state index contributed by atoms with van der Waals surface area (Å²) in [6, 6.07) is 20.7. The van der Waals surface area contributed by atoms with Crippen LogP contribution in [-0.2, 0) is 0 Å². The first-order valence-corrected chi connectivity index (χ1v) is 8.92. The van der Waals surface area contributed by atoms with Crippen molar-refractivity contribution in [3.63, 3.8) is 0 Å². The molecule has 29 heavy (non-hydrogen) atoms. The number of hydrogen-bond donors (Lipinski definition) is 0. The molecule has 0 aliphatic rings. The molecule has 0 unspecified atom stereocenters. The average Bonchev–Trinajstić information content (AvgIpc) is 2.78. The van der Waals surface area contributed by atoms with Crippen LogP contribution >= 0.6 is 0 Å². The van der Waals surface area contributed by atoms with Crippen molar-refractivity contribution in [2.75, 3.05) is 14.2 Å². The number of esters is 1. The Kier molecular flexibility index (Phi) is 6.43. The average molecular weight is 388 g/mol. The van der Waals surface area contributed by atoms with Crippen LogP contribution in [0, 0.1) is 0 Å². The summed E-state index contributed by atoms with van der Waals surface area (Å²) in [6.45, 7) is 0. The number of methoxy groups -OCH3 is 2. The summed E-state index contributed by atoms with van der Waals surface area (Å²) >= 11 is 0. The summed E-state index contributed by atoms with van der Waals surface area (Å²) in [5.74, 6) is 0.942. The molecule has 0 bridgehead atoms. The van der Waals surface area contributed by atoms with Crippen molar-refractivity contribution in [1.82, 2.24) is 0 Å². The summed E-state index contributed by atoms with van der Waals surface area (Å²) in [6.07, 6.45) is 3.20. The van der Waals surface area contributed by atoms with Gasteiger partial charge in [-0.1, -0.05) is 30.3 Å². The number of para-hydroxylation sites is 1. The number of benzene rings is 3. The minimum Gasteiger partial charge on any atom is -0.497 e. The first kappa shape index (κ1) is 19.9. The van der Waals surface area contributed by atoms with Gasteiger partial charge in [-0.05, 0) is 60.2 Å². The molecule has 0 aliphatic carbocycles. The number of ether oxygens (including phenoxy) is 3. The van der Waals surface area contributed by atoms with Crippen LogP contribution in [-0.4, -0.2) is 26.0 Å². The van der Waals surface area contributed by atoms with E-state index in [1.807, 2.05) is 0 Å². The number of carbonyl (C=O) groups is 2. The highest BCUT2D eigenvalue weighted by molar-refractivity contribution is 6.06. The van der Waals surface area contributed by atoms with Crippen LogP contribution in [0.1, 0.15) is 26.3 Å². The molecule has 0 atom stereocenters. The quantitative estimate of drug-likeness (QED) is 0.251. The van der Waals surface area contributed by atoms with Gasteiger partial charge in [-0.25, -0.2) is 4.79 Å². The molecule has 0 aliphatic heterocycles. The van der Waals surface area contributed by atoms with E-state index >= 15 is 0 Å². The maximum absolute atomic E-state index is 12.3. The number of carbonyl (C=O) groups excluding carboxylic acids is 2. The van der Waals surface area contributed by atoms with Gasteiger partial charge in [-0.2, -0.15) is 0 Å². The van der Waals surface area contributed by atoms with Crippen molar-refractivity contribution in [3.05, 3.63) is 95.6 Å². The van der Waals surface area contributed by atoms with Gasteiger partial charge in [0.15, 0.2) is 5.78 Å². The summed E-state index contributed by atoms with van der Waals surface area (Å²) in [7, 11) is 3.08. The van der Waals surface area contributed by atoms with Gasteiger partial charge < -0.3 is 14.2 Å². The molecule has 3 aromatic rings. The van der Waals surface area contributed by atoms with E-state index in [0.717, 1.165) is 5.56 Å². The van der Waals surface area contributed by atoms with Crippen molar-refractivity contribution in [3.8, 4) is 17.2 Å². The fourth-order valence-corrected chi connectivity index (χ4v) is 2.65. The molecular weight excluding hydrogens is 368 g/mol. The highest BCUT2D eigenvalue weighted by Crippen LogP contribution is 2.21. The van der Waals surface area contributed by atoms with E-state index in [9.17, 15) is 9.59 Å². The molecule has 0 saturated carbocycles. The predicted octanol–water partition coefficient (Wildman–Crippen LogP) is 4.82. The van der Waals surface area contributed by atoms with E-state index in [-0.39, 0.29) is 5.78 Å². The second kappa shape index (κ2) is 9.37. The van der Waals surface area contributed by atoms with Gasteiger partial charge >= 0.3 is 5.97 Å². The lowest BCUT2D eigenvalue weighted by Gasteiger charge is -2.08. The zero-order chi connectivity index (χ0) is 20.6. The van der Waals surface area contributed by atoms with Crippen LogP contribution in [0.4, 0.5) is 0 Å². The Morgan fingerprint density at radius 3 is 2.07 bits per heavy atom. The number of hydrogen-bond acceptors (Lipinski definition) is 5. The molecule has 5 nitrogen and oxygen atoms in total. The SMILES string of the molecule is COc1ccc(C(=O)C=Cc2ccc(OC(=O)c3ccccc3OC)cc2)cc1. The third-order valence-corrected chi connectivity index (χ3v) is 4.22. The molecule has 146 valence electrons. The molecule has 5 heteroatoms. The van der Waals surface area contributed by atoms with Gasteiger partial charge in [0.2, 0.25) is 0 Å². The van der Waals surface area contributed by atoms with Gasteiger partial charge in [-0.15, -0.1) is 0 Å². The summed E-state index contributed by atoms with van der Waals surface area (Å²) in [5, 5.41) is 0. The van der Waals surface area contributed by atoms with Crippen LogP contribution in [0.25, 0.3) is 6.08 Å². The Balaban J connectivity index is 1.64. The fourth-order valence-electron chi connectivity index (χ4n) is 2.65. The highest BCUT2D eigenvalue weighted by atomic mass is 16.5. The minimum absolute atomic E-state index is 0.112. The monoisotopic (exact) mass is 388 g/mol. The van der Waals surface area contributed by atoms with Gasteiger partial charge in [0.25, 0.3) is 0 Å². The second-order valence-corrected chi connectivity index (χ2v) is 6.08. The van der Waals surface area contributed by atoms with E-state index in [1.54, 1.807) is 86.0 Å². The molecule has 0 fully saturated rings. The van der Waals surface area contributed by atoms with Crippen molar-refractivity contribution in [1.29, 1.82) is 0 Å². The second-order valence-electron chi connectivity index (χ2n) is 6.08. The van der Waals surface area contributed by atoms with E-state index in [0.29, 0.717) is 28.4 Å². The third kappa shape index (κ3) is 5.11. The summed E-state index contributed by atoms with van der Waals surface area (Å²) in [5.41, 5.74) is 1.73. The maximum atomic E-state index is 12.3. The maximum Gasteiger partial charge on any atom is 0.347 e. The molecule has 0 spiro atoms. The normalized spacial score (nSPS) is 10.6. The number of ketones is 1. The van der Waals surface area contributed by atoms with E-state index in [1.165, 1.54) is 13.2 Å². The molecule has 0 radical (unpaired) electrons. The van der Waals surface area contributed by atoms with E-state index in [4.69, 9.17) is 14.2 Å². The topological polar surface area (TPSA) is 61.8 Å². The Bertz CT molecular complexity index is 1020. The lowest BCUT2D eigenvalue weighted by molar-refractivity contribution is 0.0731. The standard InChI is InChI=1S/C24H20O5/c1-27-19-14-10-18(11-15-19)22(25)16-9-17-7-12-20(13-8-17)29-24(26)21-5-3-4-6-23(21)28-2/h3-16H,1-2H3. The lowest BCUT2D eigenvalue weighted by Crippen LogP contribution is -2.09. The largest absolute Gasteiger partial charge is 0.497 e. The van der Waals surface area contributed by atoms with Crippen molar-refractivity contribution < 1.29 is 23.8 Å². The lowest BCUT2D eigenvalue weighted by atomic mass is 10.1. The molecule has 0 heterocycles.